The first-order valence-corrected chi connectivity index (χ1v) is 9.26. The van der Waals surface area contributed by atoms with Crippen molar-refractivity contribution in [3.05, 3.63) is 12.2 Å². The molecule has 7 heteroatoms. The largest absolute Gasteiger partial charge is 0.395 e. The van der Waals surface area contributed by atoms with E-state index >= 15 is 0 Å². The molecule has 2 amide bonds. The molecule has 0 saturated carbocycles. The maximum absolute atomic E-state index is 11.4. The van der Waals surface area contributed by atoms with Crippen molar-refractivity contribution in [2.45, 2.75) is 50.7 Å². The van der Waals surface area contributed by atoms with E-state index in [1.807, 2.05) is 0 Å². The second-order valence-electron chi connectivity index (χ2n) is 6.78. The number of aliphatic hydroxyl groups excluding tert-OH is 2. The van der Waals surface area contributed by atoms with Crippen LogP contribution in [0.1, 0.15) is 38.5 Å². The molecule has 0 aliphatic carbocycles. The van der Waals surface area contributed by atoms with Crippen LogP contribution in [0.3, 0.4) is 0 Å². The van der Waals surface area contributed by atoms with E-state index in [-0.39, 0.29) is 24.5 Å². The number of likely N-dealkylation sites (tertiary alicyclic amines) is 1. The van der Waals surface area contributed by atoms with E-state index < -0.39 is 6.10 Å². The standard InChI is InChI=1S/C18H30N2O5/c21-13-15-6-5-9-19(15)12-16(22)14-25-11-4-2-1-3-10-20-17(23)7-8-18(20)24/h7-8,15-16,21-22H,1-6,9-14H2/t15-,16+/m0/s1. The van der Waals surface area contributed by atoms with Crippen LogP contribution in [-0.2, 0) is 14.3 Å². The quantitative estimate of drug-likeness (QED) is 0.387. The van der Waals surface area contributed by atoms with Gasteiger partial charge in [-0.3, -0.25) is 19.4 Å². The van der Waals surface area contributed by atoms with E-state index in [1.54, 1.807) is 0 Å². The number of hydrogen-bond acceptors (Lipinski definition) is 6. The summed E-state index contributed by atoms with van der Waals surface area (Å²) in [7, 11) is 0. The van der Waals surface area contributed by atoms with Gasteiger partial charge in [0.25, 0.3) is 11.8 Å². The third kappa shape index (κ3) is 6.51. The molecule has 1 fully saturated rings. The van der Waals surface area contributed by atoms with Gasteiger partial charge >= 0.3 is 0 Å². The lowest BCUT2D eigenvalue weighted by Crippen LogP contribution is -2.39. The number of rotatable bonds is 12. The fourth-order valence-electron chi connectivity index (χ4n) is 3.36. The highest BCUT2D eigenvalue weighted by Crippen LogP contribution is 2.16. The van der Waals surface area contributed by atoms with Gasteiger partial charge in [0.05, 0.1) is 19.3 Å². The first-order chi connectivity index (χ1) is 12.1. The van der Waals surface area contributed by atoms with Gasteiger partial charge < -0.3 is 14.9 Å². The Morgan fingerprint density at radius 1 is 1.16 bits per heavy atom. The van der Waals surface area contributed by atoms with Crippen molar-refractivity contribution in [1.29, 1.82) is 0 Å². The predicted molar refractivity (Wildman–Crippen MR) is 92.8 cm³/mol. The van der Waals surface area contributed by atoms with E-state index in [0.29, 0.717) is 26.3 Å². The molecule has 0 spiro atoms. The highest BCUT2D eigenvalue weighted by molar-refractivity contribution is 6.12. The summed E-state index contributed by atoms with van der Waals surface area (Å²) in [6.07, 6.45) is 7.78. The summed E-state index contributed by atoms with van der Waals surface area (Å²) in [6.45, 7) is 3.03. The number of carbonyl (C=O) groups is 2. The summed E-state index contributed by atoms with van der Waals surface area (Å²) >= 11 is 0. The monoisotopic (exact) mass is 354 g/mol. The molecule has 2 N–H and O–H groups in total. The lowest BCUT2D eigenvalue weighted by molar-refractivity contribution is -0.136. The lowest BCUT2D eigenvalue weighted by atomic mass is 10.2. The average molecular weight is 354 g/mol. The van der Waals surface area contributed by atoms with Gasteiger partial charge in [0, 0.05) is 37.9 Å². The zero-order valence-corrected chi connectivity index (χ0v) is 14.8. The van der Waals surface area contributed by atoms with Crippen molar-refractivity contribution in [3.8, 4) is 0 Å². The third-order valence-corrected chi connectivity index (χ3v) is 4.79. The molecule has 142 valence electrons. The zero-order valence-electron chi connectivity index (χ0n) is 14.8. The third-order valence-electron chi connectivity index (χ3n) is 4.79. The molecule has 2 aliphatic rings. The molecule has 0 bridgehead atoms. The molecular weight excluding hydrogens is 324 g/mol. The van der Waals surface area contributed by atoms with Crippen molar-refractivity contribution < 1.29 is 24.5 Å². The van der Waals surface area contributed by atoms with Crippen LogP contribution in [0, 0.1) is 0 Å². The van der Waals surface area contributed by atoms with E-state index in [9.17, 15) is 19.8 Å². The van der Waals surface area contributed by atoms with Gasteiger partial charge in [-0.15, -0.1) is 0 Å². The number of hydrogen-bond donors (Lipinski definition) is 2. The summed E-state index contributed by atoms with van der Waals surface area (Å²) in [5.74, 6) is -0.437. The number of nitrogens with zero attached hydrogens (tertiary/aromatic N) is 2. The molecule has 2 aliphatic heterocycles. The summed E-state index contributed by atoms with van der Waals surface area (Å²) in [4.78, 5) is 26.1. The number of β-amino-alcohol motifs (C(OH)–C–C–N with tert-alkyl or cyclic N) is 1. The maximum Gasteiger partial charge on any atom is 0.253 e. The van der Waals surface area contributed by atoms with Crippen LogP contribution in [0.25, 0.3) is 0 Å². The molecule has 0 aromatic rings. The Morgan fingerprint density at radius 3 is 2.60 bits per heavy atom. The highest BCUT2D eigenvalue weighted by atomic mass is 16.5. The van der Waals surface area contributed by atoms with Crippen LogP contribution in [-0.4, -0.2) is 83.4 Å². The molecule has 2 atom stereocenters. The summed E-state index contributed by atoms with van der Waals surface area (Å²) < 4.78 is 5.52. The Labute approximate surface area is 149 Å². The molecule has 1 saturated heterocycles. The van der Waals surface area contributed by atoms with Crippen LogP contribution < -0.4 is 0 Å². The maximum atomic E-state index is 11.4. The average Bonchev–Trinajstić information content (AvgIpc) is 3.17. The van der Waals surface area contributed by atoms with Gasteiger partial charge in [-0.05, 0) is 32.2 Å². The van der Waals surface area contributed by atoms with Crippen LogP contribution in [0.4, 0.5) is 0 Å². The second kappa shape index (κ2) is 10.7. The Balaban J connectivity index is 1.43. The Kier molecular flexibility index (Phi) is 8.54. The minimum absolute atomic E-state index is 0.151. The summed E-state index contributed by atoms with van der Waals surface area (Å²) in [6, 6.07) is 0.180. The first kappa shape index (κ1) is 20.0. The first-order valence-electron chi connectivity index (χ1n) is 9.26. The molecule has 25 heavy (non-hydrogen) atoms. The van der Waals surface area contributed by atoms with Crippen LogP contribution in [0.2, 0.25) is 0 Å². The predicted octanol–water partition coefficient (Wildman–Crippen LogP) is 0.306. The molecule has 0 radical (unpaired) electrons. The molecule has 2 rings (SSSR count). The zero-order chi connectivity index (χ0) is 18.1. The Morgan fingerprint density at radius 2 is 1.88 bits per heavy atom. The smallest absolute Gasteiger partial charge is 0.253 e. The van der Waals surface area contributed by atoms with Gasteiger partial charge in [-0.2, -0.15) is 0 Å². The number of unbranched alkanes of at least 4 members (excludes halogenated alkanes) is 3. The molecule has 0 aromatic heterocycles. The van der Waals surface area contributed by atoms with Crippen LogP contribution in [0.15, 0.2) is 12.2 Å². The van der Waals surface area contributed by atoms with E-state index in [4.69, 9.17) is 4.74 Å². The van der Waals surface area contributed by atoms with Gasteiger partial charge in [0.15, 0.2) is 0 Å². The van der Waals surface area contributed by atoms with Gasteiger partial charge in [-0.1, -0.05) is 12.8 Å². The van der Waals surface area contributed by atoms with Crippen molar-refractivity contribution in [2.75, 3.05) is 39.5 Å². The van der Waals surface area contributed by atoms with Crippen LogP contribution >= 0.6 is 0 Å². The van der Waals surface area contributed by atoms with Gasteiger partial charge in [-0.25, -0.2) is 0 Å². The van der Waals surface area contributed by atoms with Gasteiger partial charge in [0.1, 0.15) is 0 Å². The number of aliphatic hydroxyl groups is 2. The minimum atomic E-state index is -0.521. The molecular formula is C18H30N2O5. The summed E-state index contributed by atoms with van der Waals surface area (Å²) in [5.41, 5.74) is 0. The number of carbonyl (C=O) groups excluding carboxylic acids is 2. The lowest BCUT2D eigenvalue weighted by Gasteiger charge is -2.25. The van der Waals surface area contributed by atoms with Gasteiger partial charge in [0.2, 0.25) is 0 Å². The summed E-state index contributed by atoms with van der Waals surface area (Å²) in [5, 5.41) is 19.3. The number of amides is 2. The van der Waals surface area contributed by atoms with E-state index in [2.05, 4.69) is 4.90 Å². The van der Waals surface area contributed by atoms with E-state index in [1.165, 1.54) is 17.1 Å². The fourth-order valence-corrected chi connectivity index (χ4v) is 3.36. The van der Waals surface area contributed by atoms with Crippen LogP contribution in [0.5, 0.6) is 0 Å². The number of ether oxygens (including phenoxy) is 1. The Hall–Kier alpha value is -1.28. The molecule has 0 aromatic carbocycles. The number of imide groups is 1. The SMILES string of the molecule is O=C1C=CC(=O)N1CCCCCCOC[C@H](O)CN1CCC[C@H]1CO. The topological polar surface area (TPSA) is 90.3 Å². The highest BCUT2D eigenvalue weighted by Gasteiger charge is 2.25. The van der Waals surface area contributed by atoms with Crippen molar-refractivity contribution >= 4 is 11.8 Å². The fraction of sp³-hybridized carbons (Fsp3) is 0.778. The van der Waals surface area contributed by atoms with Crippen molar-refractivity contribution in [2.24, 2.45) is 0 Å². The van der Waals surface area contributed by atoms with E-state index in [0.717, 1.165) is 45.1 Å². The normalized spacial score (nSPS) is 22.3. The van der Waals surface area contributed by atoms with Crippen molar-refractivity contribution in [3.63, 3.8) is 0 Å². The Bertz CT molecular complexity index is 450. The second-order valence-corrected chi connectivity index (χ2v) is 6.78. The molecule has 7 nitrogen and oxygen atoms in total. The molecule has 0 unspecified atom stereocenters. The van der Waals surface area contributed by atoms with Crippen molar-refractivity contribution in [1.82, 2.24) is 9.80 Å². The molecule has 2 heterocycles. The minimum Gasteiger partial charge on any atom is -0.395 e.